The molecule has 0 atom stereocenters. The van der Waals surface area contributed by atoms with Gasteiger partial charge in [-0.3, -0.25) is 9.89 Å². The smallest absolute Gasteiger partial charge is 0.277 e. The topological polar surface area (TPSA) is 68.5 Å². The van der Waals surface area contributed by atoms with E-state index in [0.717, 1.165) is 25.1 Å². The van der Waals surface area contributed by atoms with Gasteiger partial charge in [-0.15, -0.1) is 0 Å². The molecule has 0 saturated heterocycles. The number of hydrogen-bond donors (Lipinski definition) is 1. The molecule has 0 aliphatic carbocycles. The van der Waals surface area contributed by atoms with Crippen molar-refractivity contribution in [2.75, 3.05) is 0 Å². The molecule has 0 aliphatic rings. The van der Waals surface area contributed by atoms with Crippen LogP contribution in [-0.2, 0) is 13.6 Å². The molecule has 1 N–H and O–H groups in total. The highest BCUT2D eigenvalue weighted by atomic mass is 32.1. The summed E-state index contributed by atoms with van der Waals surface area (Å²) in [6, 6.07) is 1.75. The summed E-state index contributed by atoms with van der Waals surface area (Å²) in [6.07, 6.45) is 2.05. The first-order valence-corrected chi connectivity index (χ1v) is 6.66. The lowest BCUT2D eigenvalue weighted by Crippen LogP contribution is -2.23. The molecule has 2 heterocycles. The van der Waals surface area contributed by atoms with Crippen molar-refractivity contribution >= 4 is 12.2 Å². The van der Waals surface area contributed by atoms with E-state index in [1.165, 1.54) is 4.68 Å². The van der Waals surface area contributed by atoms with Crippen molar-refractivity contribution in [1.29, 1.82) is 0 Å². The maximum absolute atomic E-state index is 12.2. The van der Waals surface area contributed by atoms with E-state index in [1.807, 2.05) is 11.5 Å². The molecule has 0 amide bonds. The second-order valence-electron chi connectivity index (χ2n) is 4.49. The van der Waals surface area contributed by atoms with E-state index in [0.29, 0.717) is 16.2 Å². The minimum absolute atomic E-state index is 0.169. The van der Waals surface area contributed by atoms with E-state index in [-0.39, 0.29) is 5.56 Å². The summed E-state index contributed by atoms with van der Waals surface area (Å²) in [7, 11) is 1.64. The van der Waals surface area contributed by atoms with Crippen LogP contribution in [0.3, 0.4) is 0 Å². The lowest BCUT2D eigenvalue weighted by atomic mass is 10.2. The number of nitrogens with zero attached hydrogens (tertiary/aromatic N) is 4. The summed E-state index contributed by atoms with van der Waals surface area (Å²) >= 11 is 5.22. The molecule has 0 aromatic carbocycles. The molecule has 6 nitrogen and oxygen atoms in total. The van der Waals surface area contributed by atoms with Crippen LogP contribution in [0.5, 0.6) is 0 Å². The van der Waals surface area contributed by atoms with Crippen molar-refractivity contribution in [1.82, 2.24) is 24.5 Å². The highest BCUT2D eigenvalue weighted by Crippen LogP contribution is 2.14. The Hall–Kier alpha value is -1.76. The van der Waals surface area contributed by atoms with Crippen LogP contribution in [0.15, 0.2) is 10.9 Å². The molecule has 7 heteroatoms. The first kappa shape index (κ1) is 13.7. The lowest BCUT2D eigenvalue weighted by Gasteiger charge is -2.07. The van der Waals surface area contributed by atoms with Gasteiger partial charge in [0.2, 0.25) is 0 Å². The Bertz CT molecular complexity index is 697. The third-order valence-electron chi connectivity index (χ3n) is 2.92. The van der Waals surface area contributed by atoms with Crippen molar-refractivity contribution in [3.8, 4) is 11.4 Å². The average Bonchev–Trinajstić information content (AvgIpc) is 2.72. The van der Waals surface area contributed by atoms with E-state index >= 15 is 0 Å². The Kier molecular flexibility index (Phi) is 3.94. The molecule has 0 bridgehead atoms. The number of hydrogen-bond acceptors (Lipinski definition) is 4. The van der Waals surface area contributed by atoms with Gasteiger partial charge in [-0.2, -0.15) is 10.2 Å². The molecule has 0 saturated carbocycles. The fraction of sp³-hybridized carbons (Fsp3) is 0.500. The first-order chi connectivity index (χ1) is 9.04. The number of rotatable bonds is 4. The molecule has 2 aromatic heterocycles. The Balaban J connectivity index is 2.60. The normalized spacial score (nSPS) is 10.9. The van der Waals surface area contributed by atoms with E-state index in [1.54, 1.807) is 13.1 Å². The Morgan fingerprint density at radius 3 is 2.89 bits per heavy atom. The lowest BCUT2D eigenvalue weighted by molar-refractivity contribution is 0.626. The van der Waals surface area contributed by atoms with Crippen LogP contribution in [0, 0.1) is 11.7 Å². The SMILES string of the molecule is CCCCn1c(-c2cc(C)nn(C)c2=O)n[nH]c1=S. The Labute approximate surface area is 116 Å². The third-order valence-corrected chi connectivity index (χ3v) is 3.23. The minimum Gasteiger partial charge on any atom is -0.300 e. The number of aryl methyl sites for hydroxylation is 2. The van der Waals surface area contributed by atoms with Gasteiger partial charge in [-0.05, 0) is 31.6 Å². The van der Waals surface area contributed by atoms with Crippen LogP contribution in [-0.4, -0.2) is 24.5 Å². The summed E-state index contributed by atoms with van der Waals surface area (Å²) in [4.78, 5) is 12.2. The van der Waals surface area contributed by atoms with E-state index in [2.05, 4.69) is 22.2 Å². The fourth-order valence-electron chi connectivity index (χ4n) is 1.96. The molecular formula is C12H17N5OS. The van der Waals surface area contributed by atoms with Crippen LogP contribution >= 0.6 is 12.2 Å². The predicted octanol–water partition coefficient (Wildman–Crippen LogP) is 1.81. The van der Waals surface area contributed by atoms with Crippen molar-refractivity contribution < 1.29 is 0 Å². The predicted molar refractivity (Wildman–Crippen MR) is 75.5 cm³/mol. The second kappa shape index (κ2) is 5.48. The third kappa shape index (κ3) is 2.65. The molecule has 0 unspecified atom stereocenters. The molecule has 0 spiro atoms. The molecule has 102 valence electrons. The molecule has 0 aliphatic heterocycles. The van der Waals surface area contributed by atoms with Gasteiger partial charge < -0.3 is 4.57 Å². The first-order valence-electron chi connectivity index (χ1n) is 6.25. The van der Waals surface area contributed by atoms with Crippen LogP contribution in [0.1, 0.15) is 25.5 Å². The highest BCUT2D eigenvalue weighted by Gasteiger charge is 2.14. The van der Waals surface area contributed by atoms with Crippen LogP contribution in [0.25, 0.3) is 11.4 Å². The molecular weight excluding hydrogens is 262 g/mol. The molecule has 0 radical (unpaired) electrons. The van der Waals surface area contributed by atoms with Crippen molar-refractivity contribution in [2.45, 2.75) is 33.2 Å². The summed E-state index contributed by atoms with van der Waals surface area (Å²) < 4.78 is 3.74. The van der Waals surface area contributed by atoms with Gasteiger partial charge in [-0.25, -0.2) is 4.68 Å². The van der Waals surface area contributed by atoms with Gasteiger partial charge in [0.25, 0.3) is 5.56 Å². The maximum atomic E-state index is 12.2. The zero-order valence-electron chi connectivity index (χ0n) is 11.3. The monoisotopic (exact) mass is 279 g/mol. The Morgan fingerprint density at radius 1 is 1.47 bits per heavy atom. The number of aromatic amines is 1. The maximum Gasteiger partial charge on any atom is 0.277 e. The van der Waals surface area contributed by atoms with Crippen molar-refractivity contribution in [2.24, 2.45) is 7.05 Å². The van der Waals surface area contributed by atoms with Gasteiger partial charge >= 0.3 is 0 Å². The van der Waals surface area contributed by atoms with Gasteiger partial charge in [-0.1, -0.05) is 13.3 Å². The summed E-state index contributed by atoms with van der Waals surface area (Å²) in [5, 5.41) is 11.0. The summed E-state index contributed by atoms with van der Waals surface area (Å²) in [5.41, 5.74) is 1.13. The van der Waals surface area contributed by atoms with Crippen LogP contribution in [0.2, 0.25) is 0 Å². The summed E-state index contributed by atoms with van der Waals surface area (Å²) in [5.74, 6) is 0.588. The van der Waals surface area contributed by atoms with Crippen molar-refractivity contribution in [3.63, 3.8) is 0 Å². The van der Waals surface area contributed by atoms with Crippen molar-refractivity contribution in [3.05, 3.63) is 26.9 Å². The Morgan fingerprint density at radius 2 is 2.21 bits per heavy atom. The molecule has 2 rings (SSSR count). The van der Waals surface area contributed by atoms with Crippen LogP contribution < -0.4 is 5.56 Å². The number of nitrogens with one attached hydrogen (secondary N) is 1. The minimum atomic E-state index is -0.169. The van der Waals surface area contributed by atoms with Gasteiger partial charge in [0.15, 0.2) is 10.6 Å². The van der Waals surface area contributed by atoms with E-state index < -0.39 is 0 Å². The highest BCUT2D eigenvalue weighted by molar-refractivity contribution is 7.71. The zero-order valence-corrected chi connectivity index (χ0v) is 12.1. The number of H-pyrrole nitrogens is 1. The largest absolute Gasteiger partial charge is 0.300 e. The molecule has 2 aromatic rings. The fourth-order valence-corrected chi connectivity index (χ4v) is 2.19. The van der Waals surface area contributed by atoms with Gasteiger partial charge in [0, 0.05) is 13.6 Å². The van der Waals surface area contributed by atoms with Gasteiger partial charge in [0.1, 0.15) is 0 Å². The standard InChI is InChI=1S/C12H17N5OS/c1-4-5-6-17-10(13-14-12(17)19)9-7-8(2)15-16(3)11(9)18/h7H,4-6H2,1-3H3,(H,14,19). The molecule has 19 heavy (non-hydrogen) atoms. The summed E-state index contributed by atoms with van der Waals surface area (Å²) in [6.45, 7) is 4.71. The molecule has 0 fully saturated rings. The van der Waals surface area contributed by atoms with E-state index in [9.17, 15) is 4.79 Å². The zero-order chi connectivity index (χ0) is 14.0. The van der Waals surface area contributed by atoms with Gasteiger partial charge in [0.05, 0.1) is 11.3 Å². The average molecular weight is 279 g/mol. The number of unbranched alkanes of at least 4 members (excludes halogenated alkanes) is 1. The van der Waals surface area contributed by atoms with Crippen LogP contribution in [0.4, 0.5) is 0 Å². The number of aromatic nitrogens is 5. The van der Waals surface area contributed by atoms with E-state index in [4.69, 9.17) is 12.2 Å². The second-order valence-corrected chi connectivity index (χ2v) is 4.87. The quantitative estimate of drug-likeness (QED) is 0.867.